The normalized spacial score (nSPS) is 10.8. The van der Waals surface area contributed by atoms with Crippen LogP contribution in [0.15, 0.2) is 47.5 Å². The van der Waals surface area contributed by atoms with Crippen molar-refractivity contribution in [3.63, 3.8) is 0 Å². The Balaban J connectivity index is 2.26. The lowest BCUT2D eigenvalue weighted by atomic mass is 10.1. The third-order valence-electron chi connectivity index (χ3n) is 2.35. The van der Waals surface area contributed by atoms with Gasteiger partial charge < -0.3 is 4.42 Å². The van der Waals surface area contributed by atoms with Crippen LogP contribution in [0.4, 0.5) is 0 Å². The van der Waals surface area contributed by atoms with Gasteiger partial charge in [-0.1, -0.05) is 17.7 Å². The van der Waals surface area contributed by atoms with Crippen LogP contribution in [-0.4, -0.2) is 9.97 Å². The van der Waals surface area contributed by atoms with Gasteiger partial charge in [-0.3, -0.25) is 9.97 Å². The second-order valence-electron chi connectivity index (χ2n) is 3.39. The number of furan rings is 1. The fourth-order valence-corrected chi connectivity index (χ4v) is 1.77. The summed E-state index contributed by atoms with van der Waals surface area (Å²) in [4.78, 5) is 8.33. The van der Waals surface area contributed by atoms with Crippen molar-refractivity contribution in [1.29, 1.82) is 0 Å². The van der Waals surface area contributed by atoms with Gasteiger partial charge in [0.2, 0.25) is 0 Å². The van der Waals surface area contributed by atoms with Crippen LogP contribution in [0.25, 0.3) is 22.2 Å². The summed E-state index contributed by atoms with van der Waals surface area (Å²) in [6.07, 6.45) is 6.79. The number of fused-ring (bicyclic) bond motifs is 1. The standard InChI is InChI=1S/C12H7ClN2O/c13-9-4-11-12(15-6-9)10(7-16-11)8-2-1-3-14-5-8/h1-7H. The molecule has 0 saturated carbocycles. The van der Waals surface area contributed by atoms with Gasteiger partial charge in [-0.05, 0) is 6.07 Å². The molecule has 0 N–H and O–H groups in total. The molecule has 0 aliphatic rings. The molecule has 3 heterocycles. The number of halogens is 1. The van der Waals surface area contributed by atoms with Crippen LogP contribution < -0.4 is 0 Å². The summed E-state index contributed by atoms with van der Waals surface area (Å²) in [6.45, 7) is 0. The second kappa shape index (κ2) is 3.61. The summed E-state index contributed by atoms with van der Waals surface area (Å²) in [6, 6.07) is 5.60. The topological polar surface area (TPSA) is 38.9 Å². The largest absolute Gasteiger partial charge is 0.462 e. The zero-order valence-electron chi connectivity index (χ0n) is 8.22. The van der Waals surface area contributed by atoms with E-state index in [9.17, 15) is 0 Å². The zero-order valence-corrected chi connectivity index (χ0v) is 8.98. The highest BCUT2D eigenvalue weighted by molar-refractivity contribution is 6.31. The third-order valence-corrected chi connectivity index (χ3v) is 2.56. The highest BCUT2D eigenvalue weighted by Gasteiger charge is 2.09. The van der Waals surface area contributed by atoms with Gasteiger partial charge in [0.25, 0.3) is 0 Å². The molecule has 0 unspecified atom stereocenters. The molecule has 16 heavy (non-hydrogen) atoms. The Morgan fingerprint density at radius 3 is 3.00 bits per heavy atom. The van der Waals surface area contributed by atoms with Gasteiger partial charge >= 0.3 is 0 Å². The van der Waals surface area contributed by atoms with E-state index in [0.717, 1.165) is 16.6 Å². The first-order valence-electron chi connectivity index (χ1n) is 4.78. The zero-order chi connectivity index (χ0) is 11.0. The van der Waals surface area contributed by atoms with Crippen molar-refractivity contribution < 1.29 is 4.42 Å². The van der Waals surface area contributed by atoms with E-state index in [4.69, 9.17) is 16.0 Å². The Labute approximate surface area is 96.7 Å². The Morgan fingerprint density at radius 2 is 2.19 bits per heavy atom. The van der Waals surface area contributed by atoms with Gasteiger partial charge in [0.1, 0.15) is 11.8 Å². The molecule has 0 radical (unpaired) electrons. The first-order valence-corrected chi connectivity index (χ1v) is 5.15. The van der Waals surface area contributed by atoms with Crippen molar-refractivity contribution in [2.75, 3.05) is 0 Å². The van der Waals surface area contributed by atoms with Crippen molar-refractivity contribution in [2.24, 2.45) is 0 Å². The third kappa shape index (κ3) is 1.46. The van der Waals surface area contributed by atoms with Crippen molar-refractivity contribution in [3.8, 4) is 11.1 Å². The van der Waals surface area contributed by atoms with E-state index >= 15 is 0 Å². The summed E-state index contributed by atoms with van der Waals surface area (Å²) < 4.78 is 5.41. The lowest BCUT2D eigenvalue weighted by molar-refractivity contribution is 0.616. The first-order chi connectivity index (χ1) is 7.84. The summed E-state index contributed by atoms with van der Waals surface area (Å²) in [5.41, 5.74) is 3.40. The van der Waals surface area contributed by atoms with Crippen LogP contribution in [0.1, 0.15) is 0 Å². The minimum atomic E-state index is 0.569. The molecule has 0 aliphatic heterocycles. The fourth-order valence-electron chi connectivity index (χ4n) is 1.62. The highest BCUT2D eigenvalue weighted by Crippen LogP contribution is 2.29. The molecule has 0 aliphatic carbocycles. The average molecular weight is 231 g/mol. The smallest absolute Gasteiger partial charge is 0.154 e. The first kappa shape index (κ1) is 9.36. The molecule has 0 amide bonds. The average Bonchev–Trinajstić information content (AvgIpc) is 2.73. The van der Waals surface area contributed by atoms with E-state index in [1.165, 1.54) is 0 Å². The number of hydrogen-bond donors (Lipinski definition) is 0. The van der Waals surface area contributed by atoms with Crippen LogP contribution in [0.5, 0.6) is 0 Å². The molecule has 0 fully saturated rings. The van der Waals surface area contributed by atoms with Crippen molar-refractivity contribution >= 4 is 22.7 Å². The lowest BCUT2D eigenvalue weighted by Crippen LogP contribution is -1.79. The van der Waals surface area contributed by atoms with Crippen molar-refractivity contribution in [2.45, 2.75) is 0 Å². The Bertz CT molecular complexity index is 634. The van der Waals surface area contributed by atoms with Gasteiger partial charge in [0.15, 0.2) is 5.58 Å². The lowest BCUT2D eigenvalue weighted by Gasteiger charge is -1.95. The van der Waals surface area contributed by atoms with E-state index in [1.807, 2.05) is 12.1 Å². The summed E-state index contributed by atoms with van der Waals surface area (Å²) in [5, 5.41) is 0.569. The van der Waals surface area contributed by atoms with E-state index in [0.29, 0.717) is 10.6 Å². The van der Waals surface area contributed by atoms with Gasteiger partial charge in [-0.15, -0.1) is 0 Å². The molecule has 0 bridgehead atoms. The summed E-state index contributed by atoms with van der Waals surface area (Å²) in [7, 11) is 0. The predicted octanol–water partition coefficient (Wildman–Crippen LogP) is 3.54. The molecule has 3 aromatic rings. The molecule has 3 rings (SSSR count). The minimum Gasteiger partial charge on any atom is -0.462 e. The van der Waals surface area contributed by atoms with Crippen LogP contribution in [0, 0.1) is 0 Å². The SMILES string of the molecule is Clc1cnc2c(-c3cccnc3)coc2c1. The number of nitrogens with zero attached hydrogens (tertiary/aromatic N) is 2. The molecule has 3 nitrogen and oxygen atoms in total. The van der Waals surface area contributed by atoms with Gasteiger partial charge in [-0.2, -0.15) is 0 Å². The van der Waals surface area contributed by atoms with E-state index in [-0.39, 0.29) is 0 Å². The molecular formula is C12H7ClN2O. The van der Waals surface area contributed by atoms with Gasteiger partial charge in [0.05, 0.1) is 5.02 Å². The molecule has 78 valence electrons. The maximum absolute atomic E-state index is 5.84. The number of rotatable bonds is 1. The Hall–Kier alpha value is -1.87. The molecular weight excluding hydrogens is 224 g/mol. The molecule has 0 aromatic carbocycles. The number of pyridine rings is 2. The van der Waals surface area contributed by atoms with Crippen LogP contribution in [-0.2, 0) is 0 Å². The number of hydrogen-bond acceptors (Lipinski definition) is 3. The van der Waals surface area contributed by atoms with Crippen LogP contribution in [0.2, 0.25) is 5.02 Å². The number of aromatic nitrogens is 2. The van der Waals surface area contributed by atoms with Crippen molar-refractivity contribution in [1.82, 2.24) is 9.97 Å². The van der Waals surface area contributed by atoms with Crippen LogP contribution in [0.3, 0.4) is 0 Å². The van der Waals surface area contributed by atoms with E-state index in [1.54, 1.807) is 30.9 Å². The highest BCUT2D eigenvalue weighted by atomic mass is 35.5. The maximum Gasteiger partial charge on any atom is 0.154 e. The monoisotopic (exact) mass is 230 g/mol. The summed E-state index contributed by atoms with van der Waals surface area (Å²) in [5.74, 6) is 0. The van der Waals surface area contributed by atoms with E-state index in [2.05, 4.69) is 9.97 Å². The second-order valence-corrected chi connectivity index (χ2v) is 3.83. The predicted molar refractivity (Wildman–Crippen MR) is 62.3 cm³/mol. The van der Waals surface area contributed by atoms with Crippen LogP contribution >= 0.6 is 11.6 Å². The molecule has 0 atom stereocenters. The minimum absolute atomic E-state index is 0.569. The van der Waals surface area contributed by atoms with Gasteiger partial charge in [0, 0.05) is 35.8 Å². The quantitative estimate of drug-likeness (QED) is 0.642. The van der Waals surface area contributed by atoms with Gasteiger partial charge in [-0.25, -0.2) is 0 Å². The van der Waals surface area contributed by atoms with E-state index < -0.39 is 0 Å². The maximum atomic E-state index is 5.84. The Morgan fingerprint density at radius 1 is 1.25 bits per heavy atom. The van der Waals surface area contributed by atoms with Crippen molar-refractivity contribution in [3.05, 3.63) is 48.1 Å². The Kier molecular flexibility index (Phi) is 2.11. The molecule has 0 spiro atoms. The molecule has 4 heteroatoms. The molecule has 3 aromatic heterocycles. The fraction of sp³-hybridized carbons (Fsp3) is 0. The molecule has 0 saturated heterocycles. The summed E-state index contributed by atoms with van der Waals surface area (Å²) >= 11 is 5.84.